The molecule has 94 valence electrons. The molecule has 2 rings (SSSR count). The fraction of sp³-hybridized carbons (Fsp3) is 0.733. The molecule has 0 aromatic carbocycles. The Bertz CT molecular complexity index is 346. The van der Waals surface area contributed by atoms with Crippen molar-refractivity contribution in [3.05, 3.63) is 11.6 Å². The molecule has 0 amide bonds. The van der Waals surface area contributed by atoms with Crippen LogP contribution in [0.1, 0.15) is 64.7 Å². The van der Waals surface area contributed by atoms with Crippen LogP contribution in [-0.4, -0.2) is 11.6 Å². The molecule has 0 aliphatic heterocycles. The van der Waals surface area contributed by atoms with Crippen LogP contribution in [0.3, 0.4) is 0 Å². The highest BCUT2D eigenvalue weighted by atomic mass is 16.1. The van der Waals surface area contributed by atoms with Gasteiger partial charge in [0.1, 0.15) is 5.78 Å². The Hall–Kier alpha value is -0.920. The van der Waals surface area contributed by atoms with E-state index in [1.807, 2.05) is 0 Å². The molecule has 0 saturated heterocycles. The van der Waals surface area contributed by atoms with E-state index in [9.17, 15) is 9.59 Å². The first-order valence-corrected chi connectivity index (χ1v) is 6.87. The predicted octanol–water partition coefficient (Wildman–Crippen LogP) is 3.60. The smallest absolute Gasteiger partial charge is 0.159 e. The van der Waals surface area contributed by atoms with Crippen LogP contribution in [0.4, 0.5) is 0 Å². The molecule has 0 radical (unpaired) electrons. The van der Waals surface area contributed by atoms with E-state index in [1.54, 1.807) is 6.92 Å². The minimum absolute atomic E-state index is 0.201. The van der Waals surface area contributed by atoms with Gasteiger partial charge in [-0.25, -0.2) is 0 Å². The molecule has 0 aromatic rings. The van der Waals surface area contributed by atoms with Gasteiger partial charge in [-0.1, -0.05) is 25.3 Å². The van der Waals surface area contributed by atoms with Gasteiger partial charge in [-0.05, 0) is 43.6 Å². The maximum absolute atomic E-state index is 12.0. The van der Waals surface area contributed by atoms with Crippen molar-refractivity contribution in [2.75, 3.05) is 0 Å². The van der Waals surface area contributed by atoms with Gasteiger partial charge in [0.2, 0.25) is 0 Å². The first-order chi connectivity index (χ1) is 8.14. The molecule has 0 heterocycles. The summed E-state index contributed by atoms with van der Waals surface area (Å²) in [5, 5.41) is 0. The Morgan fingerprint density at radius 2 is 1.94 bits per heavy atom. The summed E-state index contributed by atoms with van der Waals surface area (Å²) in [7, 11) is 0. The van der Waals surface area contributed by atoms with E-state index >= 15 is 0 Å². The molecule has 2 aliphatic carbocycles. The van der Waals surface area contributed by atoms with Crippen molar-refractivity contribution in [3.8, 4) is 0 Å². The molecule has 0 aromatic heterocycles. The fourth-order valence-corrected chi connectivity index (χ4v) is 3.42. The molecule has 1 spiro atoms. The molecule has 0 atom stereocenters. The Labute approximate surface area is 103 Å². The van der Waals surface area contributed by atoms with Gasteiger partial charge in [0.05, 0.1) is 0 Å². The highest BCUT2D eigenvalue weighted by Gasteiger charge is 2.43. The van der Waals surface area contributed by atoms with E-state index in [0.29, 0.717) is 12.2 Å². The maximum atomic E-state index is 12.0. The zero-order chi connectivity index (χ0) is 12.3. The van der Waals surface area contributed by atoms with Crippen molar-refractivity contribution in [2.45, 2.75) is 64.7 Å². The number of carbonyl (C=O) groups is 2. The minimum atomic E-state index is 0.201. The second-order valence-electron chi connectivity index (χ2n) is 5.62. The van der Waals surface area contributed by atoms with Gasteiger partial charge in [-0.15, -0.1) is 0 Å². The summed E-state index contributed by atoms with van der Waals surface area (Å²) < 4.78 is 0. The SMILES string of the molecule is CC(=O)CC/C=C1/C(=O)CCC12CCCCC2. The number of carbonyl (C=O) groups excluding carboxylic acids is 2. The predicted molar refractivity (Wildman–Crippen MR) is 67.8 cm³/mol. The van der Waals surface area contributed by atoms with Gasteiger partial charge in [-0.3, -0.25) is 4.79 Å². The third-order valence-electron chi connectivity index (χ3n) is 4.36. The summed E-state index contributed by atoms with van der Waals surface area (Å²) in [4.78, 5) is 22.9. The van der Waals surface area contributed by atoms with E-state index in [1.165, 1.54) is 32.1 Å². The molecule has 2 heteroatoms. The molecule has 0 unspecified atom stereocenters. The summed E-state index contributed by atoms with van der Waals surface area (Å²) in [6.07, 6.45) is 11.4. The van der Waals surface area contributed by atoms with Crippen molar-refractivity contribution in [1.29, 1.82) is 0 Å². The third-order valence-corrected chi connectivity index (χ3v) is 4.36. The zero-order valence-electron chi connectivity index (χ0n) is 10.8. The number of hydrogen-bond acceptors (Lipinski definition) is 2. The van der Waals surface area contributed by atoms with Crippen LogP contribution in [-0.2, 0) is 9.59 Å². The largest absolute Gasteiger partial charge is 0.300 e. The van der Waals surface area contributed by atoms with Gasteiger partial charge in [-0.2, -0.15) is 0 Å². The summed E-state index contributed by atoms with van der Waals surface area (Å²) in [5.74, 6) is 0.556. The Morgan fingerprint density at radius 3 is 2.59 bits per heavy atom. The Kier molecular flexibility index (Phi) is 3.80. The summed E-state index contributed by atoms with van der Waals surface area (Å²) in [6, 6.07) is 0. The van der Waals surface area contributed by atoms with E-state index in [2.05, 4.69) is 6.08 Å². The molecule has 2 saturated carbocycles. The second kappa shape index (κ2) is 5.16. The molecule has 2 aliphatic rings. The lowest BCUT2D eigenvalue weighted by molar-refractivity contribution is -0.117. The maximum Gasteiger partial charge on any atom is 0.159 e. The number of hydrogen-bond donors (Lipinski definition) is 0. The third kappa shape index (κ3) is 2.67. The van der Waals surface area contributed by atoms with Gasteiger partial charge >= 0.3 is 0 Å². The van der Waals surface area contributed by atoms with Crippen LogP contribution in [0.25, 0.3) is 0 Å². The van der Waals surface area contributed by atoms with E-state index < -0.39 is 0 Å². The number of Topliss-reactive ketones (excluding diaryl/α,β-unsaturated/α-hetero) is 2. The average molecular weight is 234 g/mol. The van der Waals surface area contributed by atoms with Crippen LogP contribution in [0.15, 0.2) is 11.6 Å². The number of allylic oxidation sites excluding steroid dienone is 2. The normalized spacial score (nSPS) is 25.7. The van der Waals surface area contributed by atoms with Crippen LogP contribution in [0, 0.1) is 5.41 Å². The summed E-state index contributed by atoms with van der Waals surface area (Å²) in [6.45, 7) is 1.62. The van der Waals surface area contributed by atoms with Crippen molar-refractivity contribution in [1.82, 2.24) is 0 Å². The topological polar surface area (TPSA) is 34.1 Å². The Morgan fingerprint density at radius 1 is 1.24 bits per heavy atom. The zero-order valence-corrected chi connectivity index (χ0v) is 10.8. The fourth-order valence-electron chi connectivity index (χ4n) is 3.42. The lowest BCUT2D eigenvalue weighted by Gasteiger charge is -2.34. The number of ketones is 2. The average Bonchev–Trinajstić information content (AvgIpc) is 2.59. The molecule has 17 heavy (non-hydrogen) atoms. The van der Waals surface area contributed by atoms with Gasteiger partial charge in [0.15, 0.2) is 5.78 Å². The Balaban J connectivity index is 2.10. The molecule has 2 fully saturated rings. The van der Waals surface area contributed by atoms with Gasteiger partial charge < -0.3 is 4.79 Å². The standard InChI is InChI=1S/C15H22O2/c1-12(16)6-5-7-13-14(17)8-11-15(13)9-3-2-4-10-15/h7H,2-6,8-11H2,1H3/b13-7-. The minimum Gasteiger partial charge on any atom is -0.300 e. The van der Waals surface area contributed by atoms with Crippen molar-refractivity contribution in [2.24, 2.45) is 5.41 Å². The van der Waals surface area contributed by atoms with Gasteiger partial charge in [0.25, 0.3) is 0 Å². The first kappa shape index (κ1) is 12.5. The second-order valence-corrected chi connectivity index (χ2v) is 5.62. The van der Waals surface area contributed by atoms with Crippen molar-refractivity contribution in [3.63, 3.8) is 0 Å². The lowest BCUT2D eigenvalue weighted by atomic mass is 9.70. The van der Waals surface area contributed by atoms with Gasteiger partial charge in [0, 0.05) is 12.8 Å². The van der Waals surface area contributed by atoms with Crippen LogP contribution in [0.5, 0.6) is 0 Å². The monoisotopic (exact) mass is 234 g/mol. The molecule has 0 N–H and O–H groups in total. The van der Waals surface area contributed by atoms with E-state index in [4.69, 9.17) is 0 Å². The molecule has 0 bridgehead atoms. The van der Waals surface area contributed by atoms with Crippen molar-refractivity contribution >= 4 is 11.6 Å². The highest BCUT2D eigenvalue weighted by Crippen LogP contribution is 2.51. The first-order valence-electron chi connectivity index (χ1n) is 6.87. The summed E-state index contributed by atoms with van der Waals surface area (Å²) in [5.41, 5.74) is 1.27. The molecular weight excluding hydrogens is 212 g/mol. The van der Waals surface area contributed by atoms with Crippen LogP contribution < -0.4 is 0 Å². The van der Waals surface area contributed by atoms with Crippen LogP contribution in [0.2, 0.25) is 0 Å². The van der Waals surface area contributed by atoms with E-state index in [-0.39, 0.29) is 11.2 Å². The highest BCUT2D eigenvalue weighted by molar-refractivity contribution is 5.99. The quantitative estimate of drug-likeness (QED) is 0.699. The van der Waals surface area contributed by atoms with E-state index in [0.717, 1.165) is 24.8 Å². The number of rotatable bonds is 3. The summed E-state index contributed by atoms with van der Waals surface area (Å²) >= 11 is 0. The van der Waals surface area contributed by atoms with Crippen molar-refractivity contribution < 1.29 is 9.59 Å². The van der Waals surface area contributed by atoms with Crippen LogP contribution >= 0.6 is 0 Å². The molecule has 2 nitrogen and oxygen atoms in total. The lowest BCUT2D eigenvalue weighted by Crippen LogP contribution is -2.23. The molecular formula is C15H22O2.